The minimum absolute atomic E-state index is 0.0841. The Kier molecular flexibility index (Phi) is 3.99. The molecule has 1 unspecified atom stereocenters. The summed E-state index contributed by atoms with van der Waals surface area (Å²) in [6.07, 6.45) is 1.90. The Labute approximate surface area is 145 Å². The van der Waals surface area contributed by atoms with E-state index in [0.29, 0.717) is 11.5 Å². The second-order valence-electron chi connectivity index (χ2n) is 6.47. The first-order valence-corrected chi connectivity index (χ1v) is 9.21. The quantitative estimate of drug-likeness (QED) is 0.846. The van der Waals surface area contributed by atoms with Gasteiger partial charge in [0.1, 0.15) is 0 Å². The van der Waals surface area contributed by atoms with Crippen LogP contribution in [0.25, 0.3) is 0 Å². The maximum atomic E-state index is 12.9. The number of fused-ring (bicyclic) bond motifs is 1. The van der Waals surface area contributed by atoms with Crippen molar-refractivity contribution >= 4 is 22.9 Å². The number of rotatable bonds is 2. The highest BCUT2D eigenvalue weighted by atomic mass is 32.1. The average molecular weight is 337 g/mol. The highest BCUT2D eigenvalue weighted by Gasteiger charge is 2.33. The maximum Gasteiger partial charge on any atom is 0.227 e. The normalized spacial score (nSPS) is 19.9. The summed E-state index contributed by atoms with van der Waals surface area (Å²) in [6.45, 7) is 3.29. The third-order valence-corrected chi connectivity index (χ3v) is 6.04. The summed E-state index contributed by atoms with van der Waals surface area (Å²) in [6, 6.07) is 11.9. The summed E-state index contributed by atoms with van der Waals surface area (Å²) in [5, 5.41) is 11.0. The summed E-state index contributed by atoms with van der Waals surface area (Å²) in [5.41, 5.74) is 3.09. The van der Waals surface area contributed by atoms with Crippen LogP contribution in [0, 0.1) is 17.2 Å². The van der Waals surface area contributed by atoms with Gasteiger partial charge in [0.25, 0.3) is 0 Å². The monoisotopic (exact) mass is 337 g/mol. The molecule has 0 bridgehead atoms. The van der Waals surface area contributed by atoms with E-state index < -0.39 is 0 Å². The van der Waals surface area contributed by atoms with Crippen LogP contribution >= 0.6 is 11.3 Å². The van der Waals surface area contributed by atoms with E-state index in [4.69, 9.17) is 5.26 Å². The van der Waals surface area contributed by atoms with Crippen molar-refractivity contribution in [3.63, 3.8) is 0 Å². The molecule has 1 atom stereocenters. The van der Waals surface area contributed by atoms with E-state index in [1.165, 1.54) is 10.4 Å². The molecule has 4 rings (SSSR count). The lowest BCUT2D eigenvalue weighted by atomic mass is 10.0. The molecule has 3 heterocycles. The van der Waals surface area contributed by atoms with Crippen molar-refractivity contribution < 1.29 is 4.79 Å². The molecule has 0 radical (unpaired) electrons. The molecule has 5 heteroatoms. The van der Waals surface area contributed by atoms with E-state index in [1.807, 2.05) is 29.2 Å². The molecule has 2 aliphatic rings. The zero-order valence-electron chi connectivity index (χ0n) is 13.4. The third kappa shape index (κ3) is 2.78. The molecule has 2 aromatic rings. The molecular formula is C19H19N3OS. The van der Waals surface area contributed by atoms with Gasteiger partial charge in [-0.05, 0) is 54.1 Å². The third-order valence-electron chi connectivity index (χ3n) is 5.02. The van der Waals surface area contributed by atoms with E-state index in [2.05, 4.69) is 22.4 Å². The molecular weight excluding hydrogens is 318 g/mol. The highest BCUT2D eigenvalue weighted by Crippen LogP contribution is 2.29. The van der Waals surface area contributed by atoms with E-state index in [0.717, 1.165) is 44.7 Å². The van der Waals surface area contributed by atoms with Gasteiger partial charge >= 0.3 is 0 Å². The SMILES string of the molecule is N#Cc1ccc(N2CCC(C(=O)N3CCc4sccc4C3)C2)cc1. The van der Waals surface area contributed by atoms with Gasteiger partial charge in [-0.1, -0.05) is 0 Å². The van der Waals surface area contributed by atoms with E-state index >= 15 is 0 Å². The first-order chi connectivity index (χ1) is 11.7. The Morgan fingerprint density at radius 2 is 2.04 bits per heavy atom. The van der Waals surface area contributed by atoms with E-state index in [-0.39, 0.29) is 5.92 Å². The minimum Gasteiger partial charge on any atom is -0.371 e. The van der Waals surface area contributed by atoms with Crippen molar-refractivity contribution in [2.75, 3.05) is 24.5 Å². The van der Waals surface area contributed by atoms with Gasteiger partial charge in [0.15, 0.2) is 0 Å². The van der Waals surface area contributed by atoms with E-state index in [1.54, 1.807) is 11.3 Å². The Bertz CT molecular complexity index is 790. The zero-order chi connectivity index (χ0) is 16.5. The molecule has 1 aromatic heterocycles. The second-order valence-corrected chi connectivity index (χ2v) is 7.47. The summed E-state index contributed by atoms with van der Waals surface area (Å²) >= 11 is 1.80. The number of nitriles is 1. The molecule has 122 valence electrons. The van der Waals surface area contributed by atoms with Crippen LogP contribution in [0.2, 0.25) is 0 Å². The van der Waals surface area contributed by atoms with Gasteiger partial charge in [0, 0.05) is 36.7 Å². The number of carbonyl (C=O) groups is 1. The van der Waals surface area contributed by atoms with Gasteiger partial charge in [-0.2, -0.15) is 5.26 Å². The molecule has 1 saturated heterocycles. The summed E-state index contributed by atoms with van der Waals surface area (Å²) in [5.74, 6) is 0.379. The van der Waals surface area contributed by atoms with Gasteiger partial charge in [-0.3, -0.25) is 4.79 Å². The standard InChI is InChI=1S/C19H19N3OS/c20-11-14-1-3-17(4-2-14)21-8-5-16(13-21)19(23)22-9-6-18-15(12-22)7-10-24-18/h1-4,7,10,16H,5-6,8-9,12-13H2. The summed E-state index contributed by atoms with van der Waals surface area (Å²) < 4.78 is 0. The van der Waals surface area contributed by atoms with Crippen LogP contribution in [0.5, 0.6) is 0 Å². The number of carbonyl (C=O) groups excluding carboxylic acids is 1. The molecule has 1 aromatic carbocycles. The lowest BCUT2D eigenvalue weighted by Gasteiger charge is -2.29. The number of hydrogen-bond donors (Lipinski definition) is 0. The first kappa shape index (κ1) is 15.2. The molecule has 0 aliphatic carbocycles. The lowest BCUT2D eigenvalue weighted by molar-refractivity contribution is -0.135. The topological polar surface area (TPSA) is 47.3 Å². The van der Waals surface area contributed by atoms with Crippen molar-refractivity contribution in [3.8, 4) is 6.07 Å². The fraction of sp³-hybridized carbons (Fsp3) is 0.368. The lowest BCUT2D eigenvalue weighted by Crippen LogP contribution is -2.40. The van der Waals surface area contributed by atoms with Crippen LogP contribution in [0.15, 0.2) is 35.7 Å². The molecule has 1 amide bonds. The van der Waals surface area contributed by atoms with Crippen molar-refractivity contribution in [1.82, 2.24) is 4.90 Å². The number of nitrogens with zero attached hydrogens (tertiary/aromatic N) is 3. The molecule has 0 saturated carbocycles. The highest BCUT2D eigenvalue weighted by molar-refractivity contribution is 7.10. The largest absolute Gasteiger partial charge is 0.371 e. The smallest absolute Gasteiger partial charge is 0.227 e. The molecule has 24 heavy (non-hydrogen) atoms. The fourth-order valence-electron chi connectivity index (χ4n) is 3.64. The number of hydrogen-bond acceptors (Lipinski definition) is 4. The van der Waals surface area contributed by atoms with E-state index in [9.17, 15) is 4.79 Å². The molecule has 1 fully saturated rings. The predicted octanol–water partition coefficient (Wildman–Crippen LogP) is 3.03. The average Bonchev–Trinajstić information content (AvgIpc) is 3.30. The van der Waals surface area contributed by atoms with Crippen LogP contribution < -0.4 is 4.90 Å². The van der Waals surface area contributed by atoms with Crippen molar-refractivity contribution in [1.29, 1.82) is 5.26 Å². The zero-order valence-corrected chi connectivity index (χ0v) is 14.3. The van der Waals surface area contributed by atoms with Gasteiger partial charge in [0.2, 0.25) is 5.91 Å². The van der Waals surface area contributed by atoms with Crippen LogP contribution in [0.3, 0.4) is 0 Å². The summed E-state index contributed by atoms with van der Waals surface area (Å²) in [4.78, 5) is 18.6. The Morgan fingerprint density at radius 1 is 1.21 bits per heavy atom. The summed E-state index contributed by atoms with van der Waals surface area (Å²) in [7, 11) is 0. The van der Waals surface area contributed by atoms with Gasteiger partial charge < -0.3 is 9.80 Å². The van der Waals surface area contributed by atoms with Crippen LogP contribution in [0.1, 0.15) is 22.4 Å². The number of anilines is 1. The van der Waals surface area contributed by atoms with Crippen LogP contribution in [0.4, 0.5) is 5.69 Å². The van der Waals surface area contributed by atoms with Crippen molar-refractivity contribution in [2.24, 2.45) is 5.92 Å². The Morgan fingerprint density at radius 3 is 2.83 bits per heavy atom. The van der Waals surface area contributed by atoms with Crippen LogP contribution in [-0.2, 0) is 17.8 Å². The van der Waals surface area contributed by atoms with Crippen LogP contribution in [-0.4, -0.2) is 30.4 Å². The molecule has 0 spiro atoms. The molecule has 4 nitrogen and oxygen atoms in total. The fourth-order valence-corrected chi connectivity index (χ4v) is 4.53. The Hall–Kier alpha value is -2.32. The maximum absolute atomic E-state index is 12.9. The molecule has 0 N–H and O–H groups in total. The Balaban J connectivity index is 1.41. The molecule has 2 aliphatic heterocycles. The first-order valence-electron chi connectivity index (χ1n) is 8.34. The number of thiophene rings is 1. The van der Waals surface area contributed by atoms with Crippen molar-refractivity contribution in [2.45, 2.75) is 19.4 Å². The van der Waals surface area contributed by atoms with Crippen molar-refractivity contribution in [3.05, 3.63) is 51.7 Å². The van der Waals surface area contributed by atoms with Gasteiger partial charge in [-0.25, -0.2) is 0 Å². The van der Waals surface area contributed by atoms with Gasteiger partial charge in [0.05, 0.1) is 17.6 Å². The predicted molar refractivity (Wildman–Crippen MR) is 94.9 cm³/mol. The number of amides is 1. The van der Waals surface area contributed by atoms with Gasteiger partial charge in [-0.15, -0.1) is 11.3 Å². The second kappa shape index (κ2) is 6.29. The number of benzene rings is 1. The minimum atomic E-state index is 0.0841.